The molecular formula is C14H21NO8. The Hall–Kier alpha value is -1.26. The molecular weight excluding hydrogens is 310 g/mol. The molecule has 130 valence electrons. The van der Waals surface area contributed by atoms with Crippen molar-refractivity contribution in [3.05, 3.63) is 0 Å². The summed E-state index contributed by atoms with van der Waals surface area (Å²) in [5.74, 6) is -3.51. The number of fused-ring (bicyclic) bond motifs is 3. The summed E-state index contributed by atoms with van der Waals surface area (Å²) in [6.45, 7) is 6.44. The van der Waals surface area contributed by atoms with Crippen LogP contribution in [0.5, 0.6) is 0 Å². The Labute approximate surface area is 133 Å². The van der Waals surface area contributed by atoms with Gasteiger partial charge in [-0.3, -0.25) is 9.59 Å². The van der Waals surface area contributed by atoms with E-state index >= 15 is 0 Å². The lowest BCUT2D eigenvalue weighted by atomic mass is 9.98. The summed E-state index contributed by atoms with van der Waals surface area (Å²) in [6.07, 6.45) is -3.62. The maximum Gasteiger partial charge on any atom is 0.322 e. The highest BCUT2D eigenvalue weighted by Crippen LogP contribution is 2.44. The van der Waals surface area contributed by atoms with Crippen molar-refractivity contribution in [1.82, 2.24) is 5.32 Å². The lowest BCUT2D eigenvalue weighted by Crippen LogP contribution is -2.59. The number of rotatable bonds is 3. The molecule has 23 heavy (non-hydrogen) atoms. The van der Waals surface area contributed by atoms with E-state index in [9.17, 15) is 9.59 Å². The van der Waals surface area contributed by atoms with Crippen molar-refractivity contribution in [3.63, 3.8) is 0 Å². The summed E-state index contributed by atoms with van der Waals surface area (Å²) in [5, 5.41) is 11.0. The van der Waals surface area contributed by atoms with E-state index in [1.807, 2.05) is 0 Å². The Bertz CT molecular complexity index is 519. The van der Waals surface area contributed by atoms with Gasteiger partial charge in [-0.25, -0.2) is 0 Å². The summed E-state index contributed by atoms with van der Waals surface area (Å²) in [6, 6.07) is 0. The highest BCUT2D eigenvalue weighted by atomic mass is 16.9. The number of carbonyl (C=O) groups is 2. The van der Waals surface area contributed by atoms with Gasteiger partial charge in [-0.15, -0.1) is 0 Å². The number of ether oxygens (including phenoxy) is 5. The Morgan fingerprint density at radius 3 is 2.17 bits per heavy atom. The van der Waals surface area contributed by atoms with Crippen LogP contribution < -0.4 is 5.32 Å². The molecule has 3 aliphatic rings. The van der Waals surface area contributed by atoms with Crippen molar-refractivity contribution in [3.8, 4) is 0 Å². The van der Waals surface area contributed by atoms with Gasteiger partial charge in [0.05, 0.1) is 0 Å². The molecule has 3 heterocycles. The van der Waals surface area contributed by atoms with Crippen LogP contribution in [0.15, 0.2) is 0 Å². The molecule has 9 nitrogen and oxygen atoms in total. The molecule has 3 rings (SSSR count). The number of hydrogen-bond acceptors (Lipinski definition) is 7. The summed E-state index contributed by atoms with van der Waals surface area (Å²) in [5.41, 5.74) is 0. The van der Waals surface area contributed by atoms with E-state index < -0.39 is 60.7 Å². The van der Waals surface area contributed by atoms with Crippen molar-refractivity contribution in [2.45, 2.75) is 70.0 Å². The van der Waals surface area contributed by atoms with Gasteiger partial charge in [-0.1, -0.05) is 0 Å². The standard InChI is InChI=1S/C14H21NO8/c1-13(2)20-7-8(21-13)10-12(23-14(3,4)22-10)19-9(7)11(18)15-5-6(16)17/h7-10,12H,5H2,1-4H3,(H,15,18)(H,16,17)/t7-,8-,9+,10-,12+/m1/s1. The van der Waals surface area contributed by atoms with Gasteiger partial charge in [0.2, 0.25) is 0 Å². The van der Waals surface area contributed by atoms with Crippen LogP contribution in [-0.2, 0) is 33.3 Å². The number of hydrogen-bond donors (Lipinski definition) is 2. The third-order valence-electron chi connectivity index (χ3n) is 3.83. The monoisotopic (exact) mass is 331 g/mol. The summed E-state index contributed by atoms with van der Waals surface area (Å²) >= 11 is 0. The maximum absolute atomic E-state index is 12.3. The second kappa shape index (κ2) is 5.38. The molecule has 0 radical (unpaired) electrons. The smallest absolute Gasteiger partial charge is 0.322 e. The second-order valence-electron chi connectivity index (χ2n) is 6.70. The van der Waals surface area contributed by atoms with Gasteiger partial charge >= 0.3 is 5.97 Å². The molecule has 0 aliphatic carbocycles. The van der Waals surface area contributed by atoms with Crippen molar-refractivity contribution < 1.29 is 38.4 Å². The Morgan fingerprint density at radius 2 is 1.52 bits per heavy atom. The molecule has 0 aromatic carbocycles. The van der Waals surface area contributed by atoms with Gasteiger partial charge < -0.3 is 34.1 Å². The van der Waals surface area contributed by atoms with Gasteiger partial charge in [-0.2, -0.15) is 0 Å². The van der Waals surface area contributed by atoms with Crippen LogP contribution in [0.2, 0.25) is 0 Å². The van der Waals surface area contributed by atoms with Crippen LogP contribution in [0.1, 0.15) is 27.7 Å². The van der Waals surface area contributed by atoms with Gasteiger partial charge in [0.1, 0.15) is 24.9 Å². The number of carboxylic acids is 1. The first kappa shape index (κ1) is 16.6. The zero-order valence-electron chi connectivity index (χ0n) is 13.4. The molecule has 0 unspecified atom stereocenters. The molecule has 0 spiro atoms. The number of amides is 1. The van der Waals surface area contributed by atoms with Gasteiger partial charge in [-0.05, 0) is 27.7 Å². The summed E-state index contributed by atoms with van der Waals surface area (Å²) in [7, 11) is 0. The number of carbonyl (C=O) groups excluding carboxylic acids is 1. The highest BCUT2D eigenvalue weighted by Gasteiger charge is 2.62. The third kappa shape index (κ3) is 3.20. The van der Waals surface area contributed by atoms with Gasteiger partial charge in [0, 0.05) is 0 Å². The zero-order chi connectivity index (χ0) is 17.0. The first-order valence-electron chi connectivity index (χ1n) is 7.44. The molecule has 2 N–H and O–H groups in total. The molecule has 0 saturated carbocycles. The third-order valence-corrected chi connectivity index (χ3v) is 3.83. The first-order chi connectivity index (χ1) is 10.6. The lowest BCUT2D eigenvalue weighted by molar-refractivity contribution is -0.231. The fourth-order valence-electron chi connectivity index (χ4n) is 3.09. The van der Waals surface area contributed by atoms with Crippen LogP contribution in [0.3, 0.4) is 0 Å². The average molecular weight is 331 g/mol. The van der Waals surface area contributed by atoms with Crippen LogP contribution >= 0.6 is 0 Å². The van der Waals surface area contributed by atoms with E-state index in [1.165, 1.54) is 0 Å². The van der Waals surface area contributed by atoms with Crippen molar-refractivity contribution in [2.24, 2.45) is 0 Å². The van der Waals surface area contributed by atoms with E-state index in [0.29, 0.717) is 0 Å². The van der Waals surface area contributed by atoms with E-state index in [-0.39, 0.29) is 0 Å². The lowest BCUT2D eigenvalue weighted by Gasteiger charge is -2.36. The normalized spacial score (nSPS) is 40.3. The van der Waals surface area contributed by atoms with E-state index in [0.717, 1.165) is 0 Å². The minimum Gasteiger partial charge on any atom is -0.480 e. The Kier molecular flexibility index (Phi) is 3.88. The predicted octanol–water partition coefficient (Wildman–Crippen LogP) is -0.416. The fourth-order valence-corrected chi connectivity index (χ4v) is 3.09. The van der Waals surface area contributed by atoms with Gasteiger partial charge in [0.15, 0.2) is 24.0 Å². The maximum atomic E-state index is 12.3. The molecule has 9 heteroatoms. The molecule has 0 aromatic heterocycles. The highest BCUT2D eigenvalue weighted by molar-refractivity contribution is 5.85. The van der Waals surface area contributed by atoms with Crippen LogP contribution in [0.4, 0.5) is 0 Å². The molecule has 1 amide bonds. The van der Waals surface area contributed by atoms with Crippen molar-refractivity contribution in [1.29, 1.82) is 0 Å². The van der Waals surface area contributed by atoms with E-state index in [1.54, 1.807) is 27.7 Å². The van der Waals surface area contributed by atoms with Crippen LogP contribution in [0.25, 0.3) is 0 Å². The number of aliphatic carboxylic acids is 1. The molecule has 3 aliphatic heterocycles. The molecule has 5 atom stereocenters. The zero-order valence-corrected chi connectivity index (χ0v) is 13.4. The summed E-state index contributed by atoms with van der Waals surface area (Å²) in [4.78, 5) is 22.9. The average Bonchev–Trinajstić information content (AvgIpc) is 2.89. The minimum atomic E-state index is -1.14. The number of nitrogens with one attached hydrogen (secondary N) is 1. The largest absolute Gasteiger partial charge is 0.480 e. The molecule has 3 fully saturated rings. The number of carboxylic acid groups (broad SMARTS) is 1. The van der Waals surface area contributed by atoms with Crippen LogP contribution in [0, 0.1) is 0 Å². The van der Waals surface area contributed by atoms with E-state index in [2.05, 4.69) is 5.32 Å². The van der Waals surface area contributed by atoms with Crippen LogP contribution in [-0.4, -0.2) is 65.8 Å². The van der Waals surface area contributed by atoms with Crippen molar-refractivity contribution in [2.75, 3.05) is 6.54 Å². The topological polar surface area (TPSA) is 113 Å². The SMILES string of the molecule is CC1(C)O[C@@H]2[C@@H](O1)[C@@H](C(=O)NCC(=O)O)O[C@H]1OC(C)(C)O[C@@H]12. The second-order valence-corrected chi connectivity index (χ2v) is 6.70. The fraction of sp³-hybridized carbons (Fsp3) is 0.857. The van der Waals surface area contributed by atoms with Gasteiger partial charge in [0.25, 0.3) is 5.91 Å². The first-order valence-corrected chi connectivity index (χ1v) is 7.44. The summed E-state index contributed by atoms with van der Waals surface area (Å²) < 4.78 is 28.8. The Morgan fingerprint density at radius 1 is 0.957 bits per heavy atom. The minimum absolute atomic E-state index is 0.503. The molecule has 0 bridgehead atoms. The molecule has 0 aromatic rings. The molecule has 3 saturated heterocycles. The predicted molar refractivity (Wildman–Crippen MR) is 73.2 cm³/mol. The quantitative estimate of drug-likeness (QED) is 0.717. The Balaban J connectivity index is 1.81. The van der Waals surface area contributed by atoms with Crippen molar-refractivity contribution >= 4 is 11.9 Å². The van der Waals surface area contributed by atoms with E-state index in [4.69, 9.17) is 28.8 Å².